The summed E-state index contributed by atoms with van der Waals surface area (Å²) in [5.41, 5.74) is 3.49. The second-order valence-electron chi connectivity index (χ2n) is 5.14. The number of halogens is 2. The topological polar surface area (TPSA) is 47.3 Å². The maximum absolute atomic E-state index is 13.1. The highest BCUT2D eigenvalue weighted by Gasteiger charge is 2.41. The predicted octanol–water partition coefficient (Wildman–Crippen LogP) is 2.81. The smallest absolute Gasteiger partial charge is 0.124 e. The number of hydrazine groups is 1. The molecule has 1 aromatic carbocycles. The highest BCUT2D eigenvalue weighted by atomic mass is 35.5. The molecule has 2 rings (SSSR count). The van der Waals surface area contributed by atoms with Crippen molar-refractivity contribution >= 4 is 11.6 Å². The number of methoxy groups -OCH3 is 1. The fourth-order valence-corrected chi connectivity index (χ4v) is 3.22. The van der Waals surface area contributed by atoms with Crippen LogP contribution in [0.5, 0.6) is 0 Å². The number of hydrogen-bond donors (Lipinski definition) is 2. The average Bonchev–Trinajstić information content (AvgIpc) is 2.88. The van der Waals surface area contributed by atoms with Crippen LogP contribution in [0.1, 0.15) is 31.2 Å². The number of nitrogens with one attached hydrogen (secondary N) is 1. The summed E-state index contributed by atoms with van der Waals surface area (Å²) in [6.07, 6.45) is 4.88. The van der Waals surface area contributed by atoms with Crippen LogP contribution in [-0.4, -0.2) is 18.8 Å². The second-order valence-corrected chi connectivity index (χ2v) is 5.54. The van der Waals surface area contributed by atoms with E-state index in [1.54, 1.807) is 13.2 Å². The molecule has 0 bridgehead atoms. The fourth-order valence-electron chi connectivity index (χ4n) is 2.97. The van der Waals surface area contributed by atoms with Gasteiger partial charge in [0.15, 0.2) is 0 Å². The van der Waals surface area contributed by atoms with Crippen LogP contribution >= 0.6 is 11.6 Å². The van der Waals surface area contributed by atoms with Crippen LogP contribution in [0.4, 0.5) is 4.39 Å². The standard InChI is InChI=1S/C14H20ClFN2O/c1-19-14(6-2-3-7-14)13(18-17)8-10-4-5-11(16)9-12(10)15/h4-5,9,13,18H,2-3,6-8,17H2,1H3. The van der Waals surface area contributed by atoms with Gasteiger partial charge in [-0.2, -0.15) is 0 Å². The van der Waals surface area contributed by atoms with Gasteiger partial charge < -0.3 is 4.74 Å². The highest BCUT2D eigenvalue weighted by molar-refractivity contribution is 6.31. The Morgan fingerprint density at radius 1 is 1.47 bits per heavy atom. The van der Waals surface area contributed by atoms with Crippen molar-refractivity contribution in [3.63, 3.8) is 0 Å². The maximum Gasteiger partial charge on any atom is 0.124 e. The van der Waals surface area contributed by atoms with E-state index in [0.29, 0.717) is 11.4 Å². The van der Waals surface area contributed by atoms with Gasteiger partial charge in [-0.05, 0) is 37.0 Å². The normalized spacial score (nSPS) is 19.6. The SMILES string of the molecule is COC1(C(Cc2ccc(F)cc2Cl)NN)CCCC1. The second kappa shape index (κ2) is 6.18. The molecule has 3 N–H and O–H groups in total. The van der Waals surface area contributed by atoms with Gasteiger partial charge in [-0.25, -0.2) is 4.39 Å². The molecule has 1 unspecified atom stereocenters. The molecule has 5 heteroatoms. The zero-order valence-electron chi connectivity index (χ0n) is 11.1. The molecule has 0 amide bonds. The lowest BCUT2D eigenvalue weighted by atomic mass is 9.87. The van der Waals surface area contributed by atoms with Crippen LogP contribution < -0.4 is 11.3 Å². The van der Waals surface area contributed by atoms with Crippen molar-refractivity contribution < 1.29 is 9.13 Å². The molecule has 106 valence electrons. The molecule has 0 radical (unpaired) electrons. The first-order chi connectivity index (χ1) is 9.11. The number of nitrogens with two attached hydrogens (primary N) is 1. The molecule has 1 fully saturated rings. The summed E-state index contributed by atoms with van der Waals surface area (Å²) in [6, 6.07) is 4.44. The Hall–Kier alpha value is -0.680. The molecule has 0 aromatic heterocycles. The first-order valence-electron chi connectivity index (χ1n) is 6.56. The van der Waals surface area contributed by atoms with Crippen molar-refractivity contribution in [3.8, 4) is 0 Å². The third-order valence-electron chi connectivity index (χ3n) is 4.13. The van der Waals surface area contributed by atoms with Crippen molar-refractivity contribution in [2.24, 2.45) is 5.84 Å². The fraction of sp³-hybridized carbons (Fsp3) is 0.571. The lowest BCUT2D eigenvalue weighted by Crippen LogP contribution is -2.54. The minimum absolute atomic E-state index is 0.0250. The lowest BCUT2D eigenvalue weighted by molar-refractivity contribution is -0.0355. The van der Waals surface area contributed by atoms with E-state index >= 15 is 0 Å². The zero-order chi connectivity index (χ0) is 13.9. The minimum atomic E-state index is -0.326. The molecule has 0 aliphatic heterocycles. The highest BCUT2D eigenvalue weighted by Crippen LogP contribution is 2.37. The van der Waals surface area contributed by atoms with Gasteiger partial charge in [0.2, 0.25) is 0 Å². The van der Waals surface area contributed by atoms with E-state index in [1.807, 2.05) is 0 Å². The summed E-state index contributed by atoms with van der Waals surface area (Å²) < 4.78 is 18.8. The Balaban J connectivity index is 2.18. The molecular weight excluding hydrogens is 267 g/mol. The van der Waals surface area contributed by atoms with Gasteiger partial charge in [-0.1, -0.05) is 30.5 Å². The van der Waals surface area contributed by atoms with Gasteiger partial charge in [0.05, 0.1) is 11.6 Å². The molecule has 3 nitrogen and oxygen atoms in total. The quantitative estimate of drug-likeness (QED) is 0.646. The van der Waals surface area contributed by atoms with Crippen LogP contribution in [-0.2, 0) is 11.2 Å². The Morgan fingerprint density at radius 3 is 2.68 bits per heavy atom. The molecule has 1 aliphatic rings. The Bertz CT molecular complexity index is 435. The average molecular weight is 287 g/mol. The summed E-state index contributed by atoms with van der Waals surface area (Å²) in [6.45, 7) is 0. The van der Waals surface area contributed by atoms with Gasteiger partial charge in [-0.15, -0.1) is 0 Å². The number of rotatable bonds is 5. The number of benzene rings is 1. The molecule has 1 aromatic rings. The van der Waals surface area contributed by atoms with Gasteiger partial charge in [0, 0.05) is 12.1 Å². The van der Waals surface area contributed by atoms with E-state index in [2.05, 4.69) is 5.43 Å². The molecule has 1 aliphatic carbocycles. The van der Waals surface area contributed by atoms with Crippen molar-refractivity contribution in [1.82, 2.24) is 5.43 Å². The van der Waals surface area contributed by atoms with Crippen LogP contribution in [0.15, 0.2) is 18.2 Å². The summed E-state index contributed by atoms with van der Waals surface area (Å²) in [5.74, 6) is 5.37. The van der Waals surface area contributed by atoms with Crippen LogP contribution in [0.2, 0.25) is 5.02 Å². The molecule has 19 heavy (non-hydrogen) atoms. The van der Waals surface area contributed by atoms with Crippen LogP contribution in [0.25, 0.3) is 0 Å². The van der Waals surface area contributed by atoms with Crippen LogP contribution in [0.3, 0.4) is 0 Å². The van der Waals surface area contributed by atoms with Crippen molar-refractivity contribution in [3.05, 3.63) is 34.6 Å². The molecule has 0 heterocycles. The minimum Gasteiger partial charge on any atom is -0.377 e. The van der Waals surface area contributed by atoms with Crippen molar-refractivity contribution in [2.75, 3.05) is 7.11 Å². The summed E-state index contributed by atoms with van der Waals surface area (Å²) in [4.78, 5) is 0. The van der Waals surface area contributed by atoms with Gasteiger partial charge >= 0.3 is 0 Å². The van der Waals surface area contributed by atoms with Crippen LogP contribution in [0, 0.1) is 5.82 Å². The maximum atomic E-state index is 13.1. The first-order valence-corrected chi connectivity index (χ1v) is 6.94. The number of ether oxygens (including phenoxy) is 1. The van der Waals surface area contributed by atoms with E-state index in [9.17, 15) is 4.39 Å². The van der Waals surface area contributed by atoms with E-state index in [4.69, 9.17) is 22.2 Å². The number of hydrogen-bond acceptors (Lipinski definition) is 3. The van der Waals surface area contributed by atoms with Gasteiger partial charge in [0.1, 0.15) is 5.82 Å². The van der Waals surface area contributed by atoms with Crippen molar-refractivity contribution in [2.45, 2.75) is 43.7 Å². The third kappa shape index (κ3) is 3.08. The largest absolute Gasteiger partial charge is 0.377 e. The monoisotopic (exact) mass is 286 g/mol. The lowest BCUT2D eigenvalue weighted by Gasteiger charge is -2.36. The Labute approximate surface area is 118 Å². The summed E-state index contributed by atoms with van der Waals surface area (Å²) in [7, 11) is 1.72. The van der Waals surface area contributed by atoms with Gasteiger partial charge in [0.25, 0.3) is 0 Å². The molecule has 0 spiro atoms. The summed E-state index contributed by atoms with van der Waals surface area (Å²) >= 11 is 6.08. The Kier molecular flexibility index (Phi) is 4.79. The van der Waals surface area contributed by atoms with Gasteiger partial charge in [-0.3, -0.25) is 11.3 Å². The zero-order valence-corrected chi connectivity index (χ0v) is 11.8. The van der Waals surface area contributed by atoms with E-state index in [-0.39, 0.29) is 17.5 Å². The third-order valence-corrected chi connectivity index (χ3v) is 4.48. The molecule has 1 atom stereocenters. The molecule has 1 saturated carbocycles. The van der Waals surface area contributed by atoms with E-state index in [1.165, 1.54) is 12.1 Å². The first kappa shape index (κ1) is 14.7. The predicted molar refractivity (Wildman–Crippen MR) is 74.4 cm³/mol. The summed E-state index contributed by atoms with van der Waals surface area (Å²) in [5, 5.41) is 0.435. The molecule has 0 saturated heterocycles. The molecular formula is C14H20ClFN2O. The van der Waals surface area contributed by atoms with E-state index < -0.39 is 0 Å². The van der Waals surface area contributed by atoms with Crippen molar-refractivity contribution in [1.29, 1.82) is 0 Å². The van der Waals surface area contributed by atoms with E-state index in [0.717, 1.165) is 31.2 Å². The Morgan fingerprint density at radius 2 is 2.16 bits per heavy atom.